The van der Waals surface area contributed by atoms with Crippen LogP contribution in [0.15, 0.2) is 71.1 Å². The lowest BCUT2D eigenvalue weighted by atomic mass is 10.1. The van der Waals surface area contributed by atoms with Crippen molar-refractivity contribution < 1.29 is 23.5 Å². The second kappa shape index (κ2) is 8.85. The standard InChI is InChI=1S/C22H20O5/c1-2-16-8-10-17(11-9-16)20(23)15-26-22(24)21-13-12-19(27-21)14-25-18-6-4-3-5-7-18/h3-13H,2,14-15H2,1H3. The normalized spacial score (nSPS) is 10.4. The van der Waals surface area contributed by atoms with Crippen LogP contribution in [0.25, 0.3) is 0 Å². The highest BCUT2D eigenvalue weighted by molar-refractivity contribution is 5.98. The Kier molecular flexibility index (Phi) is 6.05. The zero-order valence-electron chi connectivity index (χ0n) is 15.0. The molecule has 0 spiro atoms. The molecule has 5 nitrogen and oxygen atoms in total. The third-order valence-corrected chi connectivity index (χ3v) is 4.01. The number of carbonyl (C=O) groups excluding carboxylic acids is 2. The fourth-order valence-electron chi connectivity index (χ4n) is 2.45. The van der Waals surface area contributed by atoms with Crippen molar-refractivity contribution >= 4 is 11.8 Å². The highest BCUT2D eigenvalue weighted by Crippen LogP contribution is 2.15. The van der Waals surface area contributed by atoms with Crippen molar-refractivity contribution in [2.45, 2.75) is 20.0 Å². The average molecular weight is 364 g/mol. The van der Waals surface area contributed by atoms with Crippen molar-refractivity contribution in [1.29, 1.82) is 0 Å². The summed E-state index contributed by atoms with van der Waals surface area (Å²) >= 11 is 0. The van der Waals surface area contributed by atoms with Gasteiger partial charge in [0, 0.05) is 5.56 Å². The van der Waals surface area contributed by atoms with E-state index in [1.54, 1.807) is 18.2 Å². The van der Waals surface area contributed by atoms with Crippen LogP contribution >= 0.6 is 0 Å². The number of benzene rings is 2. The lowest BCUT2D eigenvalue weighted by Crippen LogP contribution is -2.13. The molecule has 0 radical (unpaired) electrons. The van der Waals surface area contributed by atoms with E-state index in [0.717, 1.165) is 12.0 Å². The molecule has 138 valence electrons. The van der Waals surface area contributed by atoms with Crippen molar-refractivity contribution in [2.75, 3.05) is 6.61 Å². The van der Waals surface area contributed by atoms with E-state index in [0.29, 0.717) is 17.1 Å². The maximum atomic E-state index is 12.1. The number of aryl methyl sites for hydroxylation is 1. The summed E-state index contributed by atoms with van der Waals surface area (Å²) in [5, 5.41) is 0. The first-order valence-electron chi connectivity index (χ1n) is 8.71. The third-order valence-electron chi connectivity index (χ3n) is 4.01. The van der Waals surface area contributed by atoms with E-state index in [1.807, 2.05) is 49.4 Å². The largest absolute Gasteiger partial charge is 0.486 e. The molecule has 0 bridgehead atoms. The van der Waals surface area contributed by atoms with E-state index in [-0.39, 0.29) is 24.8 Å². The Hall–Kier alpha value is -3.34. The van der Waals surface area contributed by atoms with Gasteiger partial charge in [0.1, 0.15) is 18.1 Å². The maximum absolute atomic E-state index is 12.1. The fraction of sp³-hybridized carbons (Fsp3) is 0.182. The number of furan rings is 1. The molecule has 27 heavy (non-hydrogen) atoms. The molecule has 2 aromatic carbocycles. The smallest absolute Gasteiger partial charge is 0.374 e. The van der Waals surface area contributed by atoms with E-state index < -0.39 is 5.97 Å². The molecule has 0 atom stereocenters. The van der Waals surface area contributed by atoms with Crippen LogP contribution < -0.4 is 4.74 Å². The quantitative estimate of drug-likeness (QED) is 0.436. The third kappa shape index (κ3) is 5.07. The Labute approximate surface area is 157 Å². The Morgan fingerprint density at radius 3 is 2.37 bits per heavy atom. The van der Waals surface area contributed by atoms with Gasteiger partial charge in [-0.1, -0.05) is 49.4 Å². The minimum Gasteiger partial charge on any atom is -0.486 e. The number of Topliss-reactive ketones (excluding diaryl/α,β-unsaturated/α-hetero) is 1. The van der Waals surface area contributed by atoms with Gasteiger partial charge in [0.2, 0.25) is 5.76 Å². The summed E-state index contributed by atoms with van der Waals surface area (Å²) in [6.45, 7) is 1.90. The maximum Gasteiger partial charge on any atom is 0.374 e. The lowest BCUT2D eigenvalue weighted by Gasteiger charge is -2.04. The molecule has 0 unspecified atom stereocenters. The average Bonchev–Trinajstić information content (AvgIpc) is 3.20. The zero-order valence-corrected chi connectivity index (χ0v) is 15.0. The first-order valence-corrected chi connectivity index (χ1v) is 8.71. The molecule has 0 amide bonds. The molecule has 0 fully saturated rings. The SMILES string of the molecule is CCc1ccc(C(=O)COC(=O)c2ccc(COc3ccccc3)o2)cc1. The summed E-state index contributed by atoms with van der Waals surface area (Å²) in [6, 6.07) is 19.7. The molecule has 1 aromatic heterocycles. The molecule has 0 aliphatic rings. The molecule has 5 heteroatoms. The van der Waals surface area contributed by atoms with Gasteiger partial charge < -0.3 is 13.9 Å². The molecule has 0 saturated heterocycles. The zero-order chi connectivity index (χ0) is 19.1. The van der Waals surface area contributed by atoms with E-state index in [9.17, 15) is 9.59 Å². The summed E-state index contributed by atoms with van der Waals surface area (Å²) in [5.74, 6) is 0.297. The molecule has 0 saturated carbocycles. The summed E-state index contributed by atoms with van der Waals surface area (Å²) in [5.41, 5.74) is 1.65. The van der Waals surface area contributed by atoms with Crippen LogP contribution in [0.2, 0.25) is 0 Å². The number of hydrogen-bond donors (Lipinski definition) is 0. The molecule has 0 aliphatic carbocycles. The summed E-state index contributed by atoms with van der Waals surface area (Å²) in [4.78, 5) is 24.2. The molecule has 0 aliphatic heterocycles. The molecular weight excluding hydrogens is 344 g/mol. The Balaban J connectivity index is 1.50. The van der Waals surface area contributed by atoms with Gasteiger partial charge in [0.25, 0.3) is 0 Å². The second-order valence-electron chi connectivity index (χ2n) is 5.92. The van der Waals surface area contributed by atoms with E-state index in [2.05, 4.69) is 0 Å². The number of hydrogen-bond acceptors (Lipinski definition) is 5. The van der Waals surface area contributed by atoms with Gasteiger partial charge in [-0.3, -0.25) is 4.79 Å². The number of rotatable bonds is 8. The summed E-state index contributed by atoms with van der Waals surface area (Å²) in [7, 11) is 0. The van der Waals surface area contributed by atoms with Gasteiger partial charge in [0.15, 0.2) is 12.4 Å². The van der Waals surface area contributed by atoms with Crippen LogP contribution in [0, 0.1) is 0 Å². The number of carbonyl (C=O) groups is 2. The van der Waals surface area contributed by atoms with Gasteiger partial charge in [-0.15, -0.1) is 0 Å². The Bertz CT molecular complexity index is 894. The Morgan fingerprint density at radius 2 is 1.67 bits per heavy atom. The van der Waals surface area contributed by atoms with Crippen molar-refractivity contribution in [1.82, 2.24) is 0 Å². The van der Waals surface area contributed by atoms with Gasteiger partial charge in [-0.05, 0) is 36.2 Å². The van der Waals surface area contributed by atoms with Crippen LogP contribution in [-0.2, 0) is 17.8 Å². The van der Waals surface area contributed by atoms with Crippen LogP contribution in [-0.4, -0.2) is 18.4 Å². The Morgan fingerprint density at radius 1 is 0.926 bits per heavy atom. The molecular formula is C22H20O5. The molecule has 0 N–H and O–H groups in total. The topological polar surface area (TPSA) is 65.7 Å². The van der Waals surface area contributed by atoms with E-state index >= 15 is 0 Å². The monoisotopic (exact) mass is 364 g/mol. The van der Waals surface area contributed by atoms with Gasteiger partial charge >= 0.3 is 5.97 Å². The van der Waals surface area contributed by atoms with Crippen LogP contribution in [0.3, 0.4) is 0 Å². The number of para-hydroxylation sites is 1. The number of esters is 1. The highest BCUT2D eigenvalue weighted by Gasteiger charge is 2.15. The summed E-state index contributed by atoms with van der Waals surface area (Å²) in [6.07, 6.45) is 0.901. The van der Waals surface area contributed by atoms with Crippen molar-refractivity contribution in [3.05, 3.63) is 89.4 Å². The van der Waals surface area contributed by atoms with Crippen LogP contribution in [0.5, 0.6) is 5.75 Å². The molecule has 3 rings (SSSR count). The molecule has 3 aromatic rings. The van der Waals surface area contributed by atoms with Crippen LogP contribution in [0.4, 0.5) is 0 Å². The molecule has 1 heterocycles. The predicted molar refractivity (Wildman–Crippen MR) is 99.9 cm³/mol. The number of ether oxygens (including phenoxy) is 2. The van der Waals surface area contributed by atoms with Gasteiger partial charge in [-0.25, -0.2) is 4.79 Å². The van der Waals surface area contributed by atoms with Gasteiger partial charge in [-0.2, -0.15) is 0 Å². The predicted octanol–water partition coefficient (Wildman–Crippen LogP) is 4.46. The van der Waals surface area contributed by atoms with Crippen molar-refractivity contribution in [3.63, 3.8) is 0 Å². The second-order valence-corrected chi connectivity index (χ2v) is 5.92. The van der Waals surface area contributed by atoms with Gasteiger partial charge in [0.05, 0.1) is 0 Å². The highest BCUT2D eigenvalue weighted by atomic mass is 16.5. The summed E-state index contributed by atoms with van der Waals surface area (Å²) < 4.78 is 16.0. The minimum atomic E-state index is -0.681. The first-order chi connectivity index (χ1) is 13.2. The lowest BCUT2D eigenvalue weighted by molar-refractivity contribution is 0.0440. The first kappa shape index (κ1) is 18.5. The van der Waals surface area contributed by atoms with Crippen molar-refractivity contribution in [2.24, 2.45) is 0 Å². The number of ketones is 1. The van der Waals surface area contributed by atoms with Crippen LogP contribution in [0.1, 0.15) is 39.2 Å². The van der Waals surface area contributed by atoms with E-state index in [1.165, 1.54) is 6.07 Å². The van der Waals surface area contributed by atoms with E-state index in [4.69, 9.17) is 13.9 Å². The fourth-order valence-corrected chi connectivity index (χ4v) is 2.45. The minimum absolute atomic E-state index is 0.0378. The van der Waals surface area contributed by atoms with Crippen molar-refractivity contribution in [3.8, 4) is 5.75 Å².